The minimum Gasteiger partial charge on any atom is -0.292 e. The molecule has 0 fully saturated rings. The summed E-state index contributed by atoms with van der Waals surface area (Å²) in [6.45, 7) is 0. The highest BCUT2D eigenvalue weighted by molar-refractivity contribution is 8.14. The lowest BCUT2D eigenvalue weighted by Gasteiger charge is -2.14. The first-order valence-corrected chi connectivity index (χ1v) is 6.62. The molecule has 1 aromatic rings. The summed E-state index contributed by atoms with van der Waals surface area (Å²) < 4.78 is 22.2. The molecule has 0 saturated carbocycles. The van der Waals surface area contributed by atoms with Crippen LogP contribution in [0, 0.1) is 0 Å². The second-order valence-corrected chi connectivity index (χ2v) is 5.96. The highest BCUT2D eigenvalue weighted by Gasteiger charge is 2.32. The molecular formula is C10H7ClO3S. The number of hydrogen-bond donors (Lipinski definition) is 0. The maximum absolute atomic E-state index is 11.7. The molecule has 0 bridgehead atoms. The van der Waals surface area contributed by atoms with Gasteiger partial charge in [-0.3, -0.25) is 4.79 Å². The van der Waals surface area contributed by atoms with Crippen LogP contribution in [0.5, 0.6) is 0 Å². The van der Waals surface area contributed by atoms with Gasteiger partial charge in [0.15, 0.2) is 11.0 Å². The van der Waals surface area contributed by atoms with Crippen molar-refractivity contribution in [2.75, 3.05) is 0 Å². The number of fused-ring (bicyclic) bond motifs is 1. The smallest absolute Gasteiger partial charge is 0.246 e. The van der Waals surface area contributed by atoms with E-state index in [0.29, 0.717) is 5.56 Å². The number of carbonyl (C=O) groups excluding carboxylic acids is 1. The zero-order valence-corrected chi connectivity index (χ0v) is 9.12. The van der Waals surface area contributed by atoms with Crippen molar-refractivity contribution in [2.24, 2.45) is 0 Å². The molecule has 0 spiro atoms. The molecule has 15 heavy (non-hydrogen) atoms. The van der Waals surface area contributed by atoms with Gasteiger partial charge in [-0.2, -0.15) is 0 Å². The molecule has 78 valence electrons. The molecule has 3 nitrogen and oxygen atoms in total. The molecule has 0 saturated heterocycles. The third-order valence-electron chi connectivity index (χ3n) is 2.24. The van der Waals surface area contributed by atoms with Crippen molar-refractivity contribution in [1.29, 1.82) is 0 Å². The molecule has 2 rings (SSSR count). The van der Waals surface area contributed by atoms with Crippen molar-refractivity contribution in [3.05, 3.63) is 41.5 Å². The Labute approximate surface area is 91.8 Å². The summed E-state index contributed by atoms with van der Waals surface area (Å²) in [5, 5.41) is -1.26. The quantitative estimate of drug-likeness (QED) is 0.706. The maximum Gasteiger partial charge on any atom is 0.246 e. The first-order valence-electron chi connectivity index (χ1n) is 4.25. The van der Waals surface area contributed by atoms with Gasteiger partial charge in [0.05, 0.1) is 0 Å². The molecule has 1 aromatic carbocycles. The molecule has 1 unspecified atom stereocenters. The Morgan fingerprint density at radius 1 is 1.20 bits per heavy atom. The molecule has 5 heteroatoms. The van der Waals surface area contributed by atoms with Crippen LogP contribution in [0.2, 0.25) is 0 Å². The van der Waals surface area contributed by atoms with E-state index in [2.05, 4.69) is 0 Å². The van der Waals surface area contributed by atoms with Crippen molar-refractivity contribution in [2.45, 2.75) is 5.25 Å². The Hall–Kier alpha value is -1.13. The highest BCUT2D eigenvalue weighted by Crippen LogP contribution is 2.24. The standard InChI is InChI=1S/C10H7ClO3S/c11-15(13,14)9-6-5-7-3-1-2-4-8(7)10(9)12/h1-6,9H. The molecule has 1 atom stereocenters. The summed E-state index contributed by atoms with van der Waals surface area (Å²) in [5.74, 6) is -0.469. The number of ketones is 1. The van der Waals surface area contributed by atoms with Crippen LogP contribution in [-0.4, -0.2) is 19.5 Å². The van der Waals surface area contributed by atoms with E-state index in [1.165, 1.54) is 6.08 Å². The number of rotatable bonds is 1. The van der Waals surface area contributed by atoms with E-state index in [9.17, 15) is 13.2 Å². The molecule has 0 N–H and O–H groups in total. The maximum atomic E-state index is 11.7. The first-order chi connectivity index (χ1) is 7.00. The molecule has 0 aromatic heterocycles. The zero-order chi connectivity index (χ0) is 11.1. The Kier molecular flexibility index (Phi) is 2.40. The summed E-state index contributed by atoms with van der Waals surface area (Å²) in [6.07, 6.45) is 2.91. The third kappa shape index (κ3) is 1.82. The van der Waals surface area contributed by atoms with Crippen molar-refractivity contribution >= 4 is 31.6 Å². The van der Waals surface area contributed by atoms with Crippen LogP contribution in [0.4, 0.5) is 0 Å². The largest absolute Gasteiger partial charge is 0.292 e. The third-order valence-corrected chi connectivity index (χ3v) is 3.79. The van der Waals surface area contributed by atoms with Gasteiger partial charge in [-0.05, 0) is 5.56 Å². The number of carbonyl (C=O) groups is 1. The summed E-state index contributed by atoms with van der Waals surface area (Å²) in [7, 11) is 1.29. The lowest BCUT2D eigenvalue weighted by atomic mass is 9.96. The number of hydrogen-bond acceptors (Lipinski definition) is 3. The Morgan fingerprint density at radius 2 is 1.87 bits per heavy atom. The van der Waals surface area contributed by atoms with Crippen LogP contribution >= 0.6 is 10.7 Å². The average molecular weight is 243 g/mol. The van der Waals surface area contributed by atoms with Crippen LogP contribution in [-0.2, 0) is 9.05 Å². The summed E-state index contributed by atoms with van der Waals surface area (Å²) in [4.78, 5) is 11.7. The average Bonchev–Trinajstić information content (AvgIpc) is 2.16. The van der Waals surface area contributed by atoms with E-state index < -0.39 is 20.1 Å². The van der Waals surface area contributed by atoms with Crippen LogP contribution < -0.4 is 0 Å². The second-order valence-electron chi connectivity index (χ2n) is 3.21. The van der Waals surface area contributed by atoms with E-state index >= 15 is 0 Å². The molecule has 1 aliphatic carbocycles. The van der Waals surface area contributed by atoms with Crippen LogP contribution in [0.15, 0.2) is 30.3 Å². The molecule has 0 radical (unpaired) electrons. The van der Waals surface area contributed by atoms with E-state index in [0.717, 1.165) is 5.56 Å². The SMILES string of the molecule is O=C1c2ccccc2C=CC1S(=O)(=O)Cl. The van der Waals surface area contributed by atoms with Gasteiger partial charge in [0.1, 0.15) is 0 Å². The minimum absolute atomic E-state index is 0.397. The van der Waals surface area contributed by atoms with Gasteiger partial charge in [0.25, 0.3) is 0 Å². The summed E-state index contributed by atoms with van der Waals surface area (Å²) in [6, 6.07) is 6.82. The Bertz CT molecular complexity index is 546. The fourth-order valence-corrected chi connectivity index (χ4v) is 2.59. The fourth-order valence-electron chi connectivity index (χ4n) is 1.52. The molecule has 1 aliphatic rings. The van der Waals surface area contributed by atoms with Crippen LogP contribution in [0.25, 0.3) is 6.08 Å². The van der Waals surface area contributed by atoms with Gasteiger partial charge in [0.2, 0.25) is 9.05 Å². The van der Waals surface area contributed by atoms with Gasteiger partial charge in [-0.25, -0.2) is 8.42 Å². The Balaban J connectivity index is 2.56. The lowest BCUT2D eigenvalue weighted by molar-refractivity contribution is 0.0998. The van der Waals surface area contributed by atoms with Gasteiger partial charge in [-0.15, -0.1) is 0 Å². The van der Waals surface area contributed by atoms with Crippen LogP contribution in [0.3, 0.4) is 0 Å². The van der Waals surface area contributed by atoms with Crippen molar-refractivity contribution in [3.63, 3.8) is 0 Å². The molecular weight excluding hydrogens is 236 g/mol. The van der Waals surface area contributed by atoms with E-state index in [1.807, 2.05) is 0 Å². The van der Waals surface area contributed by atoms with Gasteiger partial charge >= 0.3 is 0 Å². The zero-order valence-electron chi connectivity index (χ0n) is 7.55. The fraction of sp³-hybridized carbons (Fsp3) is 0.100. The summed E-state index contributed by atoms with van der Waals surface area (Å²) >= 11 is 0. The second kappa shape index (κ2) is 3.47. The van der Waals surface area contributed by atoms with E-state index in [-0.39, 0.29) is 0 Å². The van der Waals surface area contributed by atoms with Gasteiger partial charge < -0.3 is 0 Å². The normalized spacial score (nSPS) is 20.1. The van der Waals surface area contributed by atoms with Crippen molar-refractivity contribution < 1.29 is 13.2 Å². The van der Waals surface area contributed by atoms with E-state index in [1.54, 1.807) is 30.3 Å². The van der Waals surface area contributed by atoms with Crippen molar-refractivity contribution in [1.82, 2.24) is 0 Å². The number of halogens is 1. The number of benzene rings is 1. The first kappa shape index (κ1) is 10.4. The minimum atomic E-state index is -3.88. The Morgan fingerprint density at radius 3 is 2.53 bits per heavy atom. The van der Waals surface area contributed by atoms with E-state index in [4.69, 9.17) is 10.7 Å². The lowest BCUT2D eigenvalue weighted by Crippen LogP contribution is -2.27. The predicted octanol–water partition coefficient (Wildman–Crippen LogP) is 1.83. The highest BCUT2D eigenvalue weighted by atomic mass is 35.7. The van der Waals surface area contributed by atoms with Gasteiger partial charge in [0, 0.05) is 16.2 Å². The monoisotopic (exact) mass is 242 g/mol. The van der Waals surface area contributed by atoms with Crippen molar-refractivity contribution in [3.8, 4) is 0 Å². The molecule has 0 amide bonds. The molecule has 0 aliphatic heterocycles. The van der Waals surface area contributed by atoms with Crippen LogP contribution in [0.1, 0.15) is 15.9 Å². The molecule has 0 heterocycles. The van der Waals surface area contributed by atoms with Gasteiger partial charge in [-0.1, -0.05) is 36.4 Å². The predicted molar refractivity (Wildman–Crippen MR) is 58.4 cm³/mol. The summed E-state index contributed by atoms with van der Waals surface area (Å²) in [5.41, 5.74) is 1.12. The number of Topliss-reactive ketones (excluding diaryl/α,β-unsaturated/α-hetero) is 1. The topological polar surface area (TPSA) is 51.2 Å².